The van der Waals surface area contributed by atoms with Crippen molar-refractivity contribution in [1.29, 1.82) is 0 Å². The Bertz CT molecular complexity index is 287. The van der Waals surface area contributed by atoms with Gasteiger partial charge in [-0.15, -0.1) is 0 Å². The van der Waals surface area contributed by atoms with Gasteiger partial charge in [0.2, 0.25) is 5.24 Å². The molecule has 0 aliphatic rings. The summed E-state index contributed by atoms with van der Waals surface area (Å²) in [4.78, 5) is 12.7. The monoisotopic (exact) mass is 211 g/mol. The fourth-order valence-electron chi connectivity index (χ4n) is 1.30. The van der Waals surface area contributed by atoms with Crippen LogP contribution in [0, 0.1) is 0 Å². The second kappa shape index (κ2) is 5.78. The van der Waals surface area contributed by atoms with Crippen molar-refractivity contribution >= 4 is 16.8 Å². The maximum Gasteiger partial charge on any atom is 0.235 e. The molecule has 0 aliphatic carbocycles. The van der Waals surface area contributed by atoms with Crippen LogP contribution in [0.5, 0.6) is 0 Å². The van der Waals surface area contributed by atoms with Gasteiger partial charge >= 0.3 is 0 Å². The van der Waals surface area contributed by atoms with Crippen LogP contribution < -0.4 is 0 Å². The Morgan fingerprint density at radius 2 is 2.00 bits per heavy atom. The molecule has 0 aromatic heterocycles. The lowest BCUT2D eigenvalue weighted by atomic mass is 10.2. The van der Waals surface area contributed by atoms with Crippen LogP contribution >= 0.6 is 11.6 Å². The zero-order valence-corrected chi connectivity index (χ0v) is 9.00. The number of carbonyl (C=O) groups excluding carboxylic acids is 1. The van der Waals surface area contributed by atoms with E-state index in [1.807, 2.05) is 42.2 Å². The van der Waals surface area contributed by atoms with Gasteiger partial charge < -0.3 is 0 Å². The largest absolute Gasteiger partial charge is 0.291 e. The predicted octanol–water partition coefficient (Wildman–Crippen LogP) is 2.27. The first-order chi connectivity index (χ1) is 6.72. The molecule has 0 atom stereocenters. The number of carbonyl (C=O) groups is 1. The average Bonchev–Trinajstić information content (AvgIpc) is 2.17. The SMILES string of the molecule is CCN(CC(=O)Cl)Cc1ccccc1. The molecule has 14 heavy (non-hydrogen) atoms. The summed E-state index contributed by atoms with van der Waals surface area (Å²) >= 11 is 5.34. The lowest BCUT2D eigenvalue weighted by Gasteiger charge is -2.17. The van der Waals surface area contributed by atoms with Gasteiger partial charge in [0.25, 0.3) is 0 Å². The molecule has 1 rings (SSSR count). The highest BCUT2D eigenvalue weighted by Crippen LogP contribution is 2.04. The molecule has 0 saturated heterocycles. The topological polar surface area (TPSA) is 20.3 Å². The van der Waals surface area contributed by atoms with Gasteiger partial charge in [0, 0.05) is 6.54 Å². The Balaban J connectivity index is 2.53. The Hall–Kier alpha value is -0.860. The number of hydrogen-bond donors (Lipinski definition) is 0. The molecule has 1 aromatic carbocycles. The van der Waals surface area contributed by atoms with Gasteiger partial charge in [-0.2, -0.15) is 0 Å². The molecule has 0 N–H and O–H groups in total. The third-order valence-electron chi connectivity index (χ3n) is 2.04. The van der Waals surface area contributed by atoms with Crippen molar-refractivity contribution in [2.75, 3.05) is 13.1 Å². The van der Waals surface area contributed by atoms with Gasteiger partial charge in [-0.25, -0.2) is 0 Å². The first-order valence-electron chi connectivity index (χ1n) is 4.67. The molecule has 0 fully saturated rings. The number of benzene rings is 1. The van der Waals surface area contributed by atoms with Crippen molar-refractivity contribution in [3.05, 3.63) is 35.9 Å². The maximum absolute atomic E-state index is 10.7. The van der Waals surface area contributed by atoms with Crippen molar-refractivity contribution in [2.45, 2.75) is 13.5 Å². The molecule has 0 spiro atoms. The molecule has 0 heterocycles. The second-order valence-corrected chi connectivity index (χ2v) is 3.57. The van der Waals surface area contributed by atoms with Gasteiger partial charge in [-0.05, 0) is 23.7 Å². The minimum Gasteiger partial charge on any atom is -0.291 e. The molecular weight excluding hydrogens is 198 g/mol. The van der Waals surface area contributed by atoms with E-state index in [1.54, 1.807) is 0 Å². The second-order valence-electron chi connectivity index (χ2n) is 3.14. The summed E-state index contributed by atoms with van der Waals surface area (Å²) in [5.41, 5.74) is 1.20. The first kappa shape index (κ1) is 11.2. The molecule has 0 saturated carbocycles. The van der Waals surface area contributed by atoms with Crippen LogP contribution in [0.4, 0.5) is 0 Å². The Kier molecular flexibility index (Phi) is 4.63. The summed E-state index contributed by atoms with van der Waals surface area (Å²) in [7, 11) is 0. The van der Waals surface area contributed by atoms with Gasteiger partial charge in [-0.3, -0.25) is 9.69 Å². The first-order valence-corrected chi connectivity index (χ1v) is 5.04. The van der Waals surface area contributed by atoms with Gasteiger partial charge in [0.05, 0.1) is 6.54 Å². The lowest BCUT2D eigenvalue weighted by molar-refractivity contribution is -0.112. The molecule has 0 radical (unpaired) electrons. The highest BCUT2D eigenvalue weighted by molar-refractivity contribution is 6.64. The molecule has 76 valence electrons. The van der Waals surface area contributed by atoms with E-state index in [2.05, 4.69) is 0 Å². The average molecular weight is 212 g/mol. The number of likely N-dealkylation sites (N-methyl/N-ethyl adjacent to an activating group) is 1. The van der Waals surface area contributed by atoms with E-state index in [4.69, 9.17) is 11.6 Å². The van der Waals surface area contributed by atoms with Crippen molar-refractivity contribution in [3.8, 4) is 0 Å². The Morgan fingerprint density at radius 1 is 1.36 bits per heavy atom. The number of nitrogens with zero attached hydrogens (tertiary/aromatic N) is 1. The Labute approximate surface area is 89.5 Å². The van der Waals surface area contributed by atoms with Crippen LogP contribution in [-0.2, 0) is 11.3 Å². The van der Waals surface area contributed by atoms with E-state index in [-0.39, 0.29) is 5.24 Å². The van der Waals surface area contributed by atoms with Gasteiger partial charge in [-0.1, -0.05) is 37.3 Å². The summed E-state index contributed by atoms with van der Waals surface area (Å²) in [5, 5.41) is -0.303. The quantitative estimate of drug-likeness (QED) is 0.697. The zero-order chi connectivity index (χ0) is 10.4. The van der Waals surface area contributed by atoms with Crippen LogP contribution in [0.3, 0.4) is 0 Å². The standard InChI is InChI=1S/C11H14ClNO/c1-2-13(9-11(12)14)8-10-6-4-3-5-7-10/h3-7H,2,8-9H2,1H3. The minimum absolute atomic E-state index is 0.303. The summed E-state index contributed by atoms with van der Waals surface area (Å²) in [6.07, 6.45) is 0. The van der Waals surface area contributed by atoms with Gasteiger partial charge in [0.1, 0.15) is 0 Å². The van der Waals surface area contributed by atoms with Crippen molar-refractivity contribution in [1.82, 2.24) is 4.90 Å². The molecule has 3 heteroatoms. The van der Waals surface area contributed by atoms with Crippen LogP contribution in [0.2, 0.25) is 0 Å². The van der Waals surface area contributed by atoms with E-state index in [0.29, 0.717) is 6.54 Å². The van der Waals surface area contributed by atoms with Crippen molar-refractivity contribution in [3.63, 3.8) is 0 Å². The van der Waals surface area contributed by atoms with Crippen LogP contribution in [0.1, 0.15) is 12.5 Å². The van der Waals surface area contributed by atoms with Crippen LogP contribution in [-0.4, -0.2) is 23.2 Å². The highest BCUT2D eigenvalue weighted by Gasteiger charge is 2.06. The summed E-state index contributed by atoms with van der Waals surface area (Å²) in [5.74, 6) is 0. The van der Waals surface area contributed by atoms with E-state index in [1.165, 1.54) is 5.56 Å². The smallest absolute Gasteiger partial charge is 0.235 e. The van der Waals surface area contributed by atoms with Gasteiger partial charge in [0.15, 0.2) is 0 Å². The summed E-state index contributed by atoms with van der Waals surface area (Å²) in [6, 6.07) is 10.0. The molecule has 1 aromatic rings. The molecule has 0 bridgehead atoms. The third kappa shape index (κ3) is 3.90. The van der Waals surface area contributed by atoms with Crippen molar-refractivity contribution < 1.29 is 4.79 Å². The fourth-order valence-corrected chi connectivity index (χ4v) is 1.47. The molecule has 0 amide bonds. The summed E-state index contributed by atoms with van der Waals surface area (Å²) in [6.45, 7) is 3.93. The number of halogens is 1. The zero-order valence-electron chi connectivity index (χ0n) is 8.24. The fraction of sp³-hybridized carbons (Fsp3) is 0.364. The van der Waals surface area contributed by atoms with E-state index >= 15 is 0 Å². The lowest BCUT2D eigenvalue weighted by Crippen LogP contribution is -2.27. The summed E-state index contributed by atoms with van der Waals surface area (Å²) < 4.78 is 0. The van der Waals surface area contributed by atoms with E-state index in [0.717, 1.165) is 13.1 Å². The van der Waals surface area contributed by atoms with Crippen LogP contribution in [0.15, 0.2) is 30.3 Å². The third-order valence-corrected chi connectivity index (χ3v) is 2.16. The minimum atomic E-state index is -0.303. The van der Waals surface area contributed by atoms with E-state index in [9.17, 15) is 4.79 Å². The number of hydrogen-bond acceptors (Lipinski definition) is 2. The van der Waals surface area contributed by atoms with Crippen molar-refractivity contribution in [2.24, 2.45) is 0 Å². The molecule has 0 unspecified atom stereocenters. The number of rotatable bonds is 5. The van der Waals surface area contributed by atoms with E-state index < -0.39 is 0 Å². The highest BCUT2D eigenvalue weighted by atomic mass is 35.5. The van der Waals surface area contributed by atoms with Crippen LogP contribution in [0.25, 0.3) is 0 Å². The molecule has 2 nitrogen and oxygen atoms in total. The maximum atomic E-state index is 10.7. The Morgan fingerprint density at radius 3 is 2.50 bits per heavy atom. The predicted molar refractivity (Wildman–Crippen MR) is 58.3 cm³/mol. The molecule has 0 aliphatic heterocycles. The molecular formula is C11H14ClNO. The normalized spacial score (nSPS) is 10.5.